The molecular weight excluding hydrogens is 460 g/mol. The molecule has 10 heteroatoms. The summed E-state index contributed by atoms with van der Waals surface area (Å²) >= 11 is 0. The van der Waals surface area contributed by atoms with Crippen molar-refractivity contribution in [1.29, 1.82) is 0 Å². The Morgan fingerprint density at radius 1 is 1.18 bits per heavy atom. The molecule has 2 saturated heterocycles. The minimum absolute atomic E-state index is 0.171. The predicted molar refractivity (Wildman–Crippen MR) is 124 cm³/mol. The summed E-state index contributed by atoms with van der Waals surface area (Å²) in [4.78, 5) is 26.3. The van der Waals surface area contributed by atoms with E-state index in [1.54, 1.807) is 38.1 Å². The molecule has 190 valence electrons. The van der Waals surface area contributed by atoms with Crippen LogP contribution >= 0.6 is 0 Å². The fourth-order valence-electron chi connectivity index (χ4n) is 3.75. The number of ether oxygens (including phenoxy) is 4. The number of hydrogen-bond donors (Lipinski definition) is 2. The SMILES string of the molecule is CC1(C)OC[C@H]([C@]2(O)C(=O)O[C@H](CO[Si](C)(C)C(C)(C)C)[C@@]2(O)C(=O)OCc2ccccc2)O1. The first-order valence-corrected chi connectivity index (χ1v) is 14.3. The number of aliphatic hydroxyl groups is 2. The van der Waals surface area contributed by atoms with Crippen molar-refractivity contribution < 1.29 is 43.2 Å². The number of benzene rings is 1. The quantitative estimate of drug-likeness (QED) is 0.433. The third kappa shape index (κ3) is 4.67. The predicted octanol–water partition coefficient (Wildman–Crippen LogP) is 2.29. The van der Waals surface area contributed by atoms with Crippen LogP contribution < -0.4 is 0 Å². The number of hydrogen-bond acceptors (Lipinski definition) is 9. The zero-order valence-corrected chi connectivity index (χ0v) is 21.9. The van der Waals surface area contributed by atoms with Gasteiger partial charge in [0.15, 0.2) is 20.2 Å². The van der Waals surface area contributed by atoms with Crippen molar-refractivity contribution in [3.8, 4) is 0 Å². The van der Waals surface area contributed by atoms with Gasteiger partial charge >= 0.3 is 11.9 Å². The molecule has 0 unspecified atom stereocenters. The van der Waals surface area contributed by atoms with Crippen molar-refractivity contribution in [1.82, 2.24) is 0 Å². The van der Waals surface area contributed by atoms with Gasteiger partial charge in [0.25, 0.3) is 0 Å². The van der Waals surface area contributed by atoms with Gasteiger partial charge in [0.2, 0.25) is 11.2 Å². The molecule has 4 atom stereocenters. The molecule has 0 saturated carbocycles. The minimum atomic E-state index is -2.78. The average Bonchev–Trinajstić information content (AvgIpc) is 3.21. The maximum absolute atomic E-state index is 13.3. The molecule has 1 aromatic rings. The van der Waals surface area contributed by atoms with Crippen LogP contribution in [-0.4, -0.2) is 72.9 Å². The summed E-state index contributed by atoms with van der Waals surface area (Å²) in [5, 5.41) is 23.1. The third-order valence-electron chi connectivity index (χ3n) is 7.01. The first-order chi connectivity index (χ1) is 15.5. The molecule has 2 aliphatic heterocycles. The average molecular weight is 497 g/mol. The first kappa shape index (κ1) is 26.8. The lowest BCUT2D eigenvalue weighted by molar-refractivity contribution is -0.226. The van der Waals surface area contributed by atoms with Crippen LogP contribution in [0.25, 0.3) is 0 Å². The largest absolute Gasteiger partial charge is 0.458 e. The fourth-order valence-corrected chi connectivity index (χ4v) is 4.75. The van der Waals surface area contributed by atoms with E-state index in [0.29, 0.717) is 5.56 Å². The van der Waals surface area contributed by atoms with Crippen LogP contribution in [0.4, 0.5) is 0 Å². The van der Waals surface area contributed by atoms with E-state index in [9.17, 15) is 19.8 Å². The van der Waals surface area contributed by atoms with Crippen LogP contribution in [0.1, 0.15) is 40.2 Å². The van der Waals surface area contributed by atoms with Gasteiger partial charge in [-0.3, -0.25) is 0 Å². The zero-order valence-electron chi connectivity index (χ0n) is 20.9. The Hall–Kier alpha value is -1.82. The standard InChI is InChI=1S/C24H36O9Si/c1-21(2,3)34(6,7)31-15-17-23(27,19(25)29-13-16-11-9-8-10-12-16)24(28,20(26)32-17)18-14-30-22(4,5)33-18/h8-12,17-18,27-28H,13-15H2,1-7H3/t17-,18-,23-,24+/m1/s1. The van der Waals surface area contributed by atoms with Gasteiger partial charge in [-0.2, -0.15) is 0 Å². The molecule has 2 N–H and O–H groups in total. The maximum Gasteiger partial charge on any atom is 0.346 e. The molecule has 0 bridgehead atoms. The Labute approximate surface area is 201 Å². The summed E-state index contributed by atoms with van der Waals surface area (Å²) in [6.07, 6.45) is -2.86. The second-order valence-electron chi connectivity index (χ2n) is 10.9. The van der Waals surface area contributed by atoms with Crippen LogP contribution in [-0.2, 0) is 39.6 Å². The van der Waals surface area contributed by atoms with E-state index in [4.69, 9.17) is 23.4 Å². The maximum atomic E-state index is 13.3. The van der Waals surface area contributed by atoms with E-state index in [1.165, 1.54) is 0 Å². The molecule has 9 nitrogen and oxygen atoms in total. The van der Waals surface area contributed by atoms with E-state index in [2.05, 4.69) is 0 Å². The lowest BCUT2D eigenvalue weighted by Crippen LogP contribution is -2.70. The second-order valence-corrected chi connectivity index (χ2v) is 15.7. The van der Waals surface area contributed by atoms with Crippen molar-refractivity contribution in [2.45, 2.75) is 88.6 Å². The van der Waals surface area contributed by atoms with E-state index in [-0.39, 0.29) is 24.9 Å². The van der Waals surface area contributed by atoms with Gasteiger partial charge in [-0.1, -0.05) is 51.1 Å². The van der Waals surface area contributed by atoms with Gasteiger partial charge in [-0.05, 0) is 37.5 Å². The molecule has 34 heavy (non-hydrogen) atoms. The Morgan fingerprint density at radius 3 is 2.32 bits per heavy atom. The number of rotatable bonds is 7. The summed E-state index contributed by atoms with van der Waals surface area (Å²) in [5.74, 6) is -3.53. The summed E-state index contributed by atoms with van der Waals surface area (Å²) in [7, 11) is -2.36. The highest BCUT2D eigenvalue weighted by Gasteiger charge is 2.77. The molecule has 0 amide bonds. The smallest absolute Gasteiger partial charge is 0.346 e. The van der Waals surface area contributed by atoms with Crippen LogP contribution in [0.15, 0.2) is 30.3 Å². The highest BCUT2D eigenvalue weighted by atomic mass is 28.4. The van der Waals surface area contributed by atoms with Gasteiger partial charge in [-0.25, -0.2) is 9.59 Å². The number of cyclic esters (lactones) is 1. The molecule has 0 aromatic heterocycles. The van der Waals surface area contributed by atoms with Crippen LogP contribution in [0.2, 0.25) is 18.1 Å². The molecule has 2 aliphatic rings. The molecule has 0 aliphatic carbocycles. The Kier molecular flexibility index (Phi) is 7.08. The zero-order chi connectivity index (χ0) is 25.6. The molecule has 0 radical (unpaired) electrons. The van der Waals surface area contributed by atoms with Crippen molar-refractivity contribution in [2.24, 2.45) is 0 Å². The second kappa shape index (κ2) is 9.00. The van der Waals surface area contributed by atoms with Crippen molar-refractivity contribution in [3.63, 3.8) is 0 Å². The summed E-state index contributed by atoms with van der Waals surface area (Å²) < 4.78 is 28.1. The van der Waals surface area contributed by atoms with E-state index >= 15 is 0 Å². The molecule has 1 aromatic carbocycles. The van der Waals surface area contributed by atoms with Gasteiger partial charge in [0.1, 0.15) is 12.7 Å². The number of carbonyl (C=O) groups is 2. The summed E-state index contributed by atoms with van der Waals surface area (Å²) in [6.45, 7) is 12.6. The van der Waals surface area contributed by atoms with Crippen LogP contribution in [0, 0.1) is 0 Å². The van der Waals surface area contributed by atoms with Crippen molar-refractivity contribution in [2.75, 3.05) is 13.2 Å². The van der Waals surface area contributed by atoms with E-state index in [1.807, 2.05) is 39.9 Å². The topological polar surface area (TPSA) is 121 Å². The Bertz CT molecular complexity index is 911. The lowest BCUT2D eigenvalue weighted by atomic mass is 9.77. The van der Waals surface area contributed by atoms with E-state index in [0.717, 1.165) is 0 Å². The van der Waals surface area contributed by atoms with Gasteiger partial charge in [-0.15, -0.1) is 0 Å². The summed E-state index contributed by atoms with van der Waals surface area (Å²) in [6, 6.07) is 8.85. The fraction of sp³-hybridized carbons (Fsp3) is 0.667. The highest BCUT2D eigenvalue weighted by molar-refractivity contribution is 6.74. The normalized spacial score (nSPS) is 31.4. The Balaban J connectivity index is 1.93. The molecule has 0 spiro atoms. The summed E-state index contributed by atoms with van der Waals surface area (Å²) in [5.41, 5.74) is -4.87. The van der Waals surface area contributed by atoms with E-state index < -0.39 is 49.5 Å². The monoisotopic (exact) mass is 496 g/mol. The lowest BCUT2D eigenvalue weighted by Gasteiger charge is -2.40. The van der Waals surface area contributed by atoms with Gasteiger partial charge in [0.05, 0.1) is 13.2 Å². The van der Waals surface area contributed by atoms with Gasteiger partial charge in [0, 0.05) is 0 Å². The molecule has 2 fully saturated rings. The van der Waals surface area contributed by atoms with Crippen LogP contribution in [0.5, 0.6) is 0 Å². The molecule has 3 rings (SSSR count). The number of carbonyl (C=O) groups excluding carboxylic acids is 2. The minimum Gasteiger partial charge on any atom is -0.458 e. The van der Waals surface area contributed by atoms with Crippen molar-refractivity contribution >= 4 is 20.3 Å². The molecular formula is C24H36O9Si. The Morgan fingerprint density at radius 2 is 1.79 bits per heavy atom. The molecule has 2 heterocycles. The van der Waals surface area contributed by atoms with Gasteiger partial charge < -0.3 is 33.6 Å². The first-order valence-electron chi connectivity index (χ1n) is 11.4. The van der Waals surface area contributed by atoms with Crippen molar-refractivity contribution in [3.05, 3.63) is 35.9 Å². The number of esters is 2. The highest BCUT2D eigenvalue weighted by Crippen LogP contribution is 2.45. The third-order valence-corrected chi connectivity index (χ3v) is 11.5. The van der Waals surface area contributed by atoms with Crippen LogP contribution in [0.3, 0.4) is 0 Å².